The highest BCUT2D eigenvalue weighted by Gasteiger charge is 2.02. The van der Waals surface area contributed by atoms with Gasteiger partial charge in [0, 0.05) is 85.2 Å². The summed E-state index contributed by atoms with van der Waals surface area (Å²) in [4.78, 5) is 9.92. The van der Waals surface area contributed by atoms with E-state index in [1.807, 2.05) is 66.9 Å². The minimum absolute atomic E-state index is 0.592. The zero-order valence-corrected chi connectivity index (χ0v) is 25.3. The average molecular weight is 596 g/mol. The Morgan fingerprint density at radius 1 is 0.619 bits per heavy atom. The van der Waals surface area contributed by atoms with Gasteiger partial charge in [-0.3, -0.25) is 9.97 Å². The first-order valence-electron chi connectivity index (χ1n) is 14.1. The topological polar surface area (TPSA) is 75.9 Å². The predicted molar refractivity (Wildman–Crippen MR) is 179 cm³/mol. The van der Waals surface area contributed by atoms with Crippen LogP contribution in [0.25, 0.3) is 22.3 Å². The van der Waals surface area contributed by atoms with Crippen LogP contribution in [0.4, 0.5) is 0 Å². The van der Waals surface area contributed by atoms with Crippen LogP contribution in [0.1, 0.15) is 16.7 Å². The third-order valence-electron chi connectivity index (χ3n) is 6.46. The van der Waals surface area contributed by atoms with Crippen LogP contribution in [0.2, 0.25) is 0 Å². The molecule has 0 radical (unpaired) electrons. The Morgan fingerprint density at radius 2 is 1.14 bits per heavy atom. The summed E-state index contributed by atoms with van der Waals surface area (Å²) >= 11 is 7.47. The molecule has 0 amide bonds. The van der Waals surface area contributed by atoms with Crippen molar-refractivity contribution in [3.05, 3.63) is 139 Å². The van der Waals surface area contributed by atoms with Gasteiger partial charge in [-0.15, -0.1) is 23.4 Å². The van der Waals surface area contributed by atoms with E-state index >= 15 is 0 Å². The molecule has 0 bridgehead atoms. The first-order chi connectivity index (χ1) is 20.8. The maximum absolute atomic E-state index is 5.78. The van der Waals surface area contributed by atoms with Crippen LogP contribution in [0.15, 0.2) is 127 Å². The summed E-state index contributed by atoms with van der Waals surface area (Å²) < 4.78 is 0. The fraction of sp³-hybridized carbons (Fsp3) is 0.200. The molecule has 0 unspecified atom stereocenters. The molecule has 42 heavy (non-hydrogen) atoms. The van der Waals surface area contributed by atoms with Crippen LogP contribution < -0.4 is 16.4 Å². The molecule has 5 aromatic rings. The molecule has 0 saturated carbocycles. The van der Waals surface area contributed by atoms with E-state index in [1.165, 1.54) is 32.7 Å². The van der Waals surface area contributed by atoms with Crippen LogP contribution in [0.5, 0.6) is 0 Å². The van der Waals surface area contributed by atoms with Crippen molar-refractivity contribution in [1.29, 1.82) is 0 Å². The first-order valence-corrected chi connectivity index (χ1v) is 15.7. The summed E-state index contributed by atoms with van der Waals surface area (Å²) in [6, 6.07) is 33.3. The Bertz CT molecular complexity index is 1470. The fourth-order valence-electron chi connectivity index (χ4n) is 4.32. The second kappa shape index (κ2) is 18.1. The molecule has 7 heteroatoms. The van der Waals surface area contributed by atoms with Crippen molar-refractivity contribution in [3.8, 4) is 22.3 Å². The summed E-state index contributed by atoms with van der Waals surface area (Å²) in [6.45, 7) is 3.98. The third-order valence-corrected chi connectivity index (χ3v) is 7.77. The van der Waals surface area contributed by atoms with Gasteiger partial charge in [-0.2, -0.15) is 0 Å². The van der Waals surface area contributed by atoms with E-state index in [9.17, 15) is 0 Å². The van der Waals surface area contributed by atoms with Gasteiger partial charge in [0.1, 0.15) is 0 Å². The monoisotopic (exact) mass is 595 g/mol. The largest absolute Gasteiger partial charge is 0.326 e. The molecule has 0 spiro atoms. The summed E-state index contributed by atoms with van der Waals surface area (Å²) in [5.41, 5.74) is 14.1. The number of aromatic nitrogens is 2. The van der Waals surface area contributed by atoms with Crippen LogP contribution in [0, 0.1) is 0 Å². The lowest BCUT2D eigenvalue weighted by atomic mass is 10.1. The predicted octanol–water partition coefficient (Wildman–Crippen LogP) is 7.17. The molecule has 0 saturated heterocycles. The van der Waals surface area contributed by atoms with E-state index in [0.29, 0.717) is 12.4 Å². The first kappa shape index (κ1) is 31.4. The van der Waals surface area contributed by atoms with Crippen LogP contribution >= 0.6 is 23.4 Å². The van der Waals surface area contributed by atoms with Crippen molar-refractivity contribution >= 4 is 23.4 Å². The van der Waals surface area contributed by atoms with Crippen molar-refractivity contribution in [2.45, 2.75) is 24.5 Å². The van der Waals surface area contributed by atoms with Crippen molar-refractivity contribution in [2.24, 2.45) is 5.73 Å². The number of thioether (sulfide) groups is 1. The number of rotatable bonds is 13. The molecular formula is C35H38ClN5S. The molecule has 3 aromatic carbocycles. The zero-order valence-electron chi connectivity index (χ0n) is 23.8. The summed E-state index contributed by atoms with van der Waals surface area (Å²) in [5, 5.41) is 6.75. The molecule has 0 aliphatic carbocycles. The maximum Gasteiger partial charge on any atom is 0.0348 e. The minimum atomic E-state index is 0.592. The van der Waals surface area contributed by atoms with Crippen LogP contribution in [-0.4, -0.2) is 34.7 Å². The highest BCUT2D eigenvalue weighted by atomic mass is 35.5. The second-order valence-corrected chi connectivity index (χ2v) is 11.1. The molecule has 0 aliphatic rings. The molecule has 5 nitrogen and oxygen atoms in total. The molecular weight excluding hydrogens is 558 g/mol. The summed E-state index contributed by atoms with van der Waals surface area (Å²) in [6.07, 6.45) is 7.61. The quantitative estimate of drug-likeness (QED) is 0.0761. The van der Waals surface area contributed by atoms with E-state index in [2.05, 4.69) is 87.3 Å². The van der Waals surface area contributed by atoms with E-state index < -0.39 is 0 Å². The number of nitrogens with two attached hydrogens (primary N) is 1. The summed E-state index contributed by atoms with van der Waals surface area (Å²) in [5.74, 6) is 1.65. The van der Waals surface area contributed by atoms with E-state index in [1.54, 1.807) is 0 Å². The Labute approximate surface area is 259 Å². The zero-order chi connectivity index (χ0) is 29.2. The van der Waals surface area contributed by atoms with Gasteiger partial charge in [-0.1, -0.05) is 78.9 Å². The number of hydrogen-bond acceptors (Lipinski definition) is 6. The van der Waals surface area contributed by atoms with E-state index in [0.717, 1.165) is 43.1 Å². The highest BCUT2D eigenvalue weighted by Crippen LogP contribution is 2.22. The second-order valence-electron chi connectivity index (χ2n) is 9.60. The van der Waals surface area contributed by atoms with Gasteiger partial charge in [0.15, 0.2) is 0 Å². The van der Waals surface area contributed by atoms with Crippen molar-refractivity contribution in [1.82, 2.24) is 20.6 Å². The minimum Gasteiger partial charge on any atom is -0.326 e. The van der Waals surface area contributed by atoms with Crippen molar-refractivity contribution in [3.63, 3.8) is 0 Å². The molecule has 2 aromatic heterocycles. The SMILES string of the molecule is ClCCNCc1cncc(-c2ccccc2)c1.NCc1ccccc1SCCNCc1cncc(-c2ccccc2)c1. The maximum atomic E-state index is 5.78. The lowest BCUT2D eigenvalue weighted by molar-refractivity contribution is 0.728. The number of nitrogens with one attached hydrogen (secondary N) is 2. The standard InChI is InChI=1S/C21H23N3S.C14H15ClN2/c22-13-19-8-4-5-9-21(19)25-11-10-23-14-17-12-20(16-24-15-17)18-6-2-1-3-7-18;15-6-7-16-9-12-8-14(11-17-10-12)13-4-2-1-3-5-13/h1-9,12,15-16,23H,10-11,13-14,22H2;1-5,8,10-11,16H,6-7,9H2. The molecule has 5 rings (SSSR count). The lowest BCUT2D eigenvalue weighted by Crippen LogP contribution is -2.16. The van der Waals surface area contributed by atoms with Crippen molar-refractivity contribution < 1.29 is 0 Å². The molecule has 216 valence electrons. The van der Waals surface area contributed by atoms with Gasteiger partial charge in [-0.05, 0) is 46.0 Å². The lowest BCUT2D eigenvalue weighted by Gasteiger charge is -2.09. The molecule has 2 heterocycles. The third kappa shape index (κ3) is 10.4. The van der Waals surface area contributed by atoms with Crippen molar-refractivity contribution in [2.75, 3.05) is 24.7 Å². The molecule has 0 fully saturated rings. The van der Waals surface area contributed by atoms with Crippen LogP contribution in [0.3, 0.4) is 0 Å². The van der Waals surface area contributed by atoms with Gasteiger partial charge in [0.2, 0.25) is 0 Å². The molecule has 4 N–H and O–H groups in total. The average Bonchev–Trinajstić information content (AvgIpc) is 3.06. The Balaban J connectivity index is 0.000000208. The van der Waals surface area contributed by atoms with Gasteiger partial charge in [0.25, 0.3) is 0 Å². The number of benzene rings is 3. The molecule has 0 aliphatic heterocycles. The fourth-order valence-corrected chi connectivity index (χ4v) is 5.44. The number of halogens is 1. The van der Waals surface area contributed by atoms with E-state index in [-0.39, 0.29) is 0 Å². The van der Waals surface area contributed by atoms with Crippen LogP contribution in [-0.2, 0) is 19.6 Å². The summed E-state index contributed by atoms with van der Waals surface area (Å²) in [7, 11) is 0. The van der Waals surface area contributed by atoms with E-state index in [4.69, 9.17) is 17.3 Å². The number of hydrogen-bond donors (Lipinski definition) is 3. The van der Waals surface area contributed by atoms with Gasteiger partial charge >= 0.3 is 0 Å². The van der Waals surface area contributed by atoms with Gasteiger partial charge < -0.3 is 16.4 Å². The highest BCUT2D eigenvalue weighted by molar-refractivity contribution is 7.99. The Morgan fingerprint density at radius 3 is 1.69 bits per heavy atom. The smallest absolute Gasteiger partial charge is 0.0348 e. The molecule has 0 atom stereocenters. The Kier molecular flexibility index (Phi) is 13.5. The van der Waals surface area contributed by atoms with Gasteiger partial charge in [0.05, 0.1) is 0 Å². The van der Waals surface area contributed by atoms with Gasteiger partial charge in [-0.25, -0.2) is 0 Å². The number of pyridine rings is 2. The Hall–Kier alpha value is -3.52. The normalized spacial score (nSPS) is 10.6. The number of nitrogens with zero attached hydrogens (tertiary/aromatic N) is 2. The number of alkyl halides is 1.